The lowest BCUT2D eigenvalue weighted by molar-refractivity contribution is 0.0600. The molecule has 2 aromatic rings. The number of carbonyl (C=O) groups is 1. The number of carbonyl (C=O) groups excluding carboxylic acids is 1. The van der Waals surface area contributed by atoms with Crippen LogP contribution >= 0.6 is 0 Å². The third-order valence-corrected chi connectivity index (χ3v) is 7.18. The smallest absolute Gasteiger partial charge is 0.337 e. The fraction of sp³-hybridized carbons (Fsp3) is 0.409. The van der Waals surface area contributed by atoms with Crippen molar-refractivity contribution in [3.8, 4) is 0 Å². The predicted molar refractivity (Wildman–Crippen MR) is 112 cm³/mol. The van der Waals surface area contributed by atoms with Crippen molar-refractivity contribution in [1.82, 2.24) is 9.21 Å². The number of rotatable bonds is 6. The number of methoxy groups -OCH3 is 1. The highest BCUT2D eigenvalue weighted by atomic mass is 32.2. The molecule has 0 unspecified atom stereocenters. The van der Waals surface area contributed by atoms with Crippen LogP contribution in [-0.2, 0) is 21.3 Å². The van der Waals surface area contributed by atoms with Gasteiger partial charge in [-0.15, -0.1) is 0 Å². The minimum absolute atomic E-state index is 0.348. The molecule has 0 saturated carbocycles. The average molecular weight is 417 g/mol. The molecule has 1 aliphatic rings. The second-order valence-electron chi connectivity index (χ2n) is 7.60. The van der Waals surface area contributed by atoms with Crippen molar-refractivity contribution in [2.24, 2.45) is 0 Å². The van der Waals surface area contributed by atoms with Crippen molar-refractivity contribution in [3.63, 3.8) is 0 Å². The number of hydrogen-bond donors (Lipinski definition) is 0. The van der Waals surface area contributed by atoms with Crippen molar-refractivity contribution >= 4 is 16.0 Å². The van der Waals surface area contributed by atoms with Crippen LogP contribution in [0.3, 0.4) is 0 Å². The Morgan fingerprint density at radius 2 is 1.69 bits per heavy atom. The van der Waals surface area contributed by atoms with Gasteiger partial charge in [-0.1, -0.05) is 38.1 Å². The normalized spacial score (nSPS) is 16.1. The molecule has 3 rings (SSSR count). The molecule has 0 spiro atoms. The van der Waals surface area contributed by atoms with Crippen LogP contribution in [0.2, 0.25) is 0 Å². The van der Waals surface area contributed by atoms with Crippen LogP contribution in [0.4, 0.5) is 0 Å². The summed E-state index contributed by atoms with van der Waals surface area (Å²) in [6, 6.07) is 14.5. The van der Waals surface area contributed by atoms with Gasteiger partial charge in [-0.05, 0) is 41.3 Å². The number of piperazine rings is 1. The summed E-state index contributed by atoms with van der Waals surface area (Å²) >= 11 is 0. The maximum atomic E-state index is 12.9. The Bertz CT molecular complexity index is 947. The van der Waals surface area contributed by atoms with Crippen molar-refractivity contribution in [3.05, 3.63) is 65.2 Å². The van der Waals surface area contributed by atoms with E-state index in [4.69, 9.17) is 4.74 Å². The van der Waals surface area contributed by atoms with Crippen LogP contribution in [-0.4, -0.2) is 56.9 Å². The summed E-state index contributed by atoms with van der Waals surface area (Å²) in [6.07, 6.45) is 0. The lowest BCUT2D eigenvalue weighted by atomic mass is 10.0. The highest BCUT2D eigenvalue weighted by Crippen LogP contribution is 2.22. The lowest BCUT2D eigenvalue weighted by Gasteiger charge is -2.34. The molecule has 1 heterocycles. The summed E-state index contributed by atoms with van der Waals surface area (Å²) in [5, 5.41) is 0. The van der Waals surface area contributed by atoms with Crippen molar-refractivity contribution in [1.29, 1.82) is 0 Å². The summed E-state index contributed by atoms with van der Waals surface area (Å²) in [5.74, 6) is 0.0132. The van der Waals surface area contributed by atoms with Crippen LogP contribution in [0.15, 0.2) is 53.4 Å². The third kappa shape index (κ3) is 5.04. The number of hydrogen-bond acceptors (Lipinski definition) is 5. The van der Waals surface area contributed by atoms with E-state index in [1.807, 2.05) is 30.3 Å². The molecule has 1 fully saturated rings. The maximum absolute atomic E-state index is 12.9. The molecular weight excluding hydrogens is 388 g/mol. The molecule has 6 nitrogen and oxygen atoms in total. The monoisotopic (exact) mass is 416 g/mol. The minimum Gasteiger partial charge on any atom is -0.465 e. The molecule has 0 amide bonds. The van der Waals surface area contributed by atoms with Gasteiger partial charge in [0.25, 0.3) is 0 Å². The Morgan fingerprint density at radius 1 is 1.03 bits per heavy atom. The topological polar surface area (TPSA) is 66.9 Å². The van der Waals surface area contributed by atoms with Crippen LogP contribution in [0.1, 0.15) is 41.3 Å². The lowest BCUT2D eigenvalue weighted by Crippen LogP contribution is -2.48. The molecule has 1 aliphatic heterocycles. The molecular formula is C22H28N2O4S. The van der Waals surface area contributed by atoms with E-state index in [0.29, 0.717) is 49.1 Å². The van der Waals surface area contributed by atoms with Gasteiger partial charge in [0.2, 0.25) is 10.0 Å². The molecule has 0 atom stereocenters. The van der Waals surface area contributed by atoms with Crippen LogP contribution in [0, 0.1) is 0 Å². The standard InChI is InChI=1S/C22H28N2O4S/c1-17(2)19-7-9-21(10-8-19)29(26,27)24-13-11-23(12-14-24)16-18-5-4-6-20(15-18)22(25)28-3/h4-10,15,17H,11-14,16H2,1-3H3. The molecule has 0 bridgehead atoms. The van der Waals surface area contributed by atoms with Gasteiger partial charge in [-0.25, -0.2) is 13.2 Å². The Balaban J connectivity index is 1.62. The Hall–Kier alpha value is -2.22. The van der Waals surface area contributed by atoms with Gasteiger partial charge in [0.1, 0.15) is 0 Å². The zero-order chi connectivity index (χ0) is 21.0. The number of ether oxygens (including phenoxy) is 1. The molecule has 0 N–H and O–H groups in total. The SMILES string of the molecule is COC(=O)c1cccc(CN2CCN(S(=O)(=O)c3ccc(C(C)C)cc3)CC2)c1. The number of benzene rings is 2. The fourth-order valence-corrected chi connectivity index (χ4v) is 4.90. The zero-order valence-electron chi connectivity index (χ0n) is 17.2. The Kier molecular flexibility index (Phi) is 6.72. The van der Waals surface area contributed by atoms with Crippen LogP contribution in [0.5, 0.6) is 0 Å². The summed E-state index contributed by atoms with van der Waals surface area (Å²) in [4.78, 5) is 14.2. The first-order chi connectivity index (χ1) is 13.8. The molecule has 0 radical (unpaired) electrons. The minimum atomic E-state index is -3.48. The van der Waals surface area contributed by atoms with Gasteiger partial charge in [0.15, 0.2) is 0 Å². The first-order valence-corrected chi connectivity index (χ1v) is 11.2. The zero-order valence-corrected chi connectivity index (χ0v) is 18.0. The highest BCUT2D eigenvalue weighted by Gasteiger charge is 2.28. The summed E-state index contributed by atoms with van der Waals surface area (Å²) < 4.78 is 32.2. The van der Waals surface area contributed by atoms with Crippen molar-refractivity contribution < 1.29 is 17.9 Å². The van der Waals surface area contributed by atoms with Gasteiger partial charge in [0.05, 0.1) is 17.6 Å². The van der Waals surface area contributed by atoms with E-state index in [-0.39, 0.29) is 5.97 Å². The van der Waals surface area contributed by atoms with Gasteiger partial charge < -0.3 is 4.74 Å². The van der Waals surface area contributed by atoms with Gasteiger partial charge in [0, 0.05) is 32.7 Å². The predicted octanol–water partition coefficient (Wildman–Crippen LogP) is 3.10. The van der Waals surface area contributed by atoms with E-state index < -0.39 is 10.0 Å². The molecule has 0 aliphatic carbocycles. The van der Waals surface area contributed by atoms with E-state index in [9.17, 15) is 13.2 Å². The second-order valence-corrected chi connectivity index (χ2v) is 9.53. The van der Waals surface area contributed by atoms with Crippen molar-refractivity contribution in [2.75, 3.05) is 33.3 Å². The molecule has 0 aromatic heterocycles. The third-order valence-electron chi connectivity index (χ3n) is 5.27. The second kappa shape index (κ2) is 9.07. The molecule has 156 valence electrons. The Labute approximate surface area is 173 Å². The van der Waals surface area contributed by atoms with Crippen LogP contribution < -0.4 is 0 Å². The fourth-order valence-electron chi connectivity index (χ4n) is 3.47. The number of nitrogens with zero attached hydrogens (tertiary/aromatic N) is 2. The van der Waals surface area contributed by atoms with E-state index >= 15 is 0 Å². The Morgan fingerprint density at radius 3 is 2.28 bits per heavy atom. The van der Waals surface area contributed by atoms with E-state index in [2.05, 4.69) is 18.7 Å². The number of esters is 1. The van der Waals surface area contributed by atoms with E-state index in [1.54, 1.807) is 22.5 Å². The van der Waals surface area contributed by atoms with Crippen LogP contribution in [0.25, 0.3) is 0 Å². The molecule has 29 heavy (non-hydrogen) atoms. The number of sulfonamides is 1. The highest BCUT2D eigenvalue weighted by molar-refractivity contribution is 7.89. The first kappa shape index (κ1) is 21.5. The summed E-state index contributed by atoms with van der Waals surface area (Å²) in [5.41, 5.74) is 2.66. The maximum Gasteiger partial charge on any atom is 0.337 e. The van der Waals surface area contributed by atoms with E-state index in [0.717, 1.165) is 11.1 Å². The molecule has 1 saturated heterocycles. The summed E-state index contributed by atoms with van der Waals surface area (Å²) in [6.45, 7) is 7.03. The van der Waals surface area contributed by atoms with Crippen molar-refractivity contribution in [2.45, 2.75) is 31.2 Å². The quantitative estimate of drug-likeness (QED) is 0.677. The average Bonchev–Trinajstić information content (AvgIpc) is 2.74. The molecule has 7 heteroatoms. The largest absolute Gasteiger partial charge is 0.465 e. The van der Waals surface area contributed by atoms with Gasteiger partial charge >= 0.3 is 5.97 Å². The van der Waals surface area contributed by atoms with Gasteiger partial charge in [-0.3, -0.25) is 4.90 Å². The van der Waals surface area contributed by atoms with E-state index in [1.165, 1.54) is 7.11 Å². The first-order valence-electron chi connectivity index (χ1n) is 9.81. The van der Waals surface area contributed by atoms with Gasteiger partial charge in [-0.2, -0.15) is 4.31 Å². The molecule has 2 aromatic carbocycles. The summed E-state index contributed by atoms with van der Waals surface area (Å²) in [7, 11) is -2.11.